The molecule has 0 bridgehead atoms. The van der Waals surface area contributed by atoms with Gasteiger partial charge in [0, 0.05) is 0 Å². The van der Waals surface area contributed by atoms with Crippen LogP contribution in [0.1, 0.15) is 0 Å². The van der Waals surface area contributed by atoms with Gasteiger partial charge in [0.25, 0.3) is 0 Å². The monoisotopic (exact) mass is 345 g/mol. The van der Waals surface area contributed by atoms with Crippen molar-refractivity contribution in [2.75, 3.05) is 5.73 Å². The second-order valence-corrected chi connectivity index (χ2v) is 5.76. The second kappa shape index (κ2) is 5.01. The van der Waals surface area contributed by atoms with E-state index in [0.29, 0.717) is 36.8 Å². The smallest absolute Gasteiger partial charge is 0.206 e. The molecule has 0 amide bonds. The van der Waals surface area contributed by atoms with Crippen molar-refractivity contribution >= 4 is 63.4 Å². The minimum Gasteiger partial charge on any atom is -0.369 e. The first-order valence-corrected chi connectivity index (χ1v) is 7.07. The Morgan fingerprint density at radius 2 is 1.60 bits per heavy atom. The zero-order valence-corrected chi connectivity index (χ0v) is 12.9. The molecule has 3 rings (SSSR count). The molecule has 2 N–H and O–H groups in total. The van der Waals surface area contributed by atoms with Crippen molar-refractivity contribution in [3.05, 3.63) is 50.4 Å². The topological polar surface area (TPSA) is 43.8 Å². The van der Waals surface area contributed by atoms with Crippen molar-refractivity contribution < 1.29 is 0 Å². The first kappa shape index (κ1) is 13.8. The van der Waals surface area contributed by atoms with Crippen LogP contribution in [0, 0.1) is 0 Å². The lowest BCUT2D eigenvalue weighted by Gasteiger charge is -2.11. The van der Waals surface area contributed by atoms with Gasteiger partial charge in [0.15, 0.2) is 0 Å². The molecule has 0 aliphatic rings. The number of para-hydroxylation sites is 1. The van der Waals surface area contributed by atoms with E-state index in [1.807, 2.05) is 6.07 Å². The highest BCUT2D eigenvalue weighted by atomic mass is 35.5. The van der Waals surface area contributed by atoms with Crippen LogP contribution in [-0.4, -0.2) is 9.55 Å². The van der Waals surface area contributed by atoms with Crippen LogP contribution < -0.4 is 5.73 Å². The lowest BCUT2D eigenvalue weighted by Crippen LogP contribution is -2.01. The highest BCUT2D eigenvalue weighted by Gasteiger charge is 2.16. The molecule has 102 valence electrons. The zero-order chi connectivity index (χ0) is 14.4. The van der Waals surface area contributed by atoms with Crippen molar-refractivity contribution in [1.29, 1.82) is 0 Å². The third-order valence-electron chi connectivity index (χ3n) is 2.88. The van der Waals surface area contributed by atoms with Crippen LogP contribution in [0.3, 0.4) is 0 Å². The summed E-state index contributed by atoms with van der Waals surface area (Å²) < 4.78 is 1.65. The number of hydrogen-bond acceptors (Lipinski definition) is 2. The molecule has 3 nitrogen and oxygen atoms in total. The van der Waals surface area contributed by atoms with E-state index in [4.69, 9.17) is 52.1 Å². The van der Waals surface area contributed by atoms with Crippen molar-refractivity contribution in [3.63, 3.8) is 0 Å². The molecule has 0 radical (unpaired) electrons. The number of nitrogens with two attached hydrogens (primary N) is 1. The van der Waals surface area contributed by atoms with E-state index >= 15 is 0 Å². The Kier molecular flexibility index (Phi) is 3.46. The number of hydrogen-bond donors (Lipinski definition) is 1. The molecule has 1 heterocycles. The van der Waals surface area contributed by atoms with Crippen LogP contribution in [0.25, 0.3) is 16.7 Å². The Labute approximate surface area is 134 Å². The molecule has 0 aliphatic carbocycles. The molecule has 0 fully saturated rings. The van der Waals surface area contributed by atoms with E-state index < -0.39 is 0 Å². The summed E-state index contributed by atoms with van der Waals surface area (Å²) in [6.45, 7) is 0. The maximum absolute atomic E-state index is 6.23. The Morgan fingerprint density at radius 3 is 2.35 bits per heavy atom. The van der Waals surface area contributed by atoms with Gasteiger partial charge in [-0.25, -0.2) is 4.98 Å². The lowest BCUT2D eigenvalue weighted by molar-refractivity contribution is 1.11. The van der Waals surface area contributed by atoms with Gasteiger partial charge in [-0.2, -0.15) is 0 Å². The Morgan fingerprint density at radius 1 is 0.900 bits per heavy atom. The normalized spacial score (nSPS) is 11.2. The average Bonchev–Trinajstić information content (AvgIpc) is 2.71. The van der Waals surface area contributed by atoms with Gasteiger partial charge in [-0.05, 0) is 24.3 Å². The van der Waals surface area contributed by atoms with Crippen LogP contribution in [-0.2, 0) is 0 Å². The summed E-state index contributed by atoms with van der Waals surface area (Å²) in [6, 6.07) is 8.57. The Bertz CT molecular complexity index is 826. The van der Waals surface area contributed by atoms with Gasteiger partial charge in [-0.3, -0.25) is 4.57 Å². The van der Waals surface area contributed by atoms with Gasteiger partial charge < -0.3 is 5.73 Å². The summed E-state index contributed by atoms with van der Waals surface area (Å²) >= 11 is 24.4. The third-order valence-corrected chi connectivity index (χ3v) is 4.21. The van der Waals surface area contributed by atoms with Crippen molar-refractivity contribution in [3.8, 4) is 5.69 Å². The van der Waals surface area contributed by atoms with Crippen LogP contribution in [0.5, 0.6) is 0 Å². The van der Waals surface area contributed by atoms with E-state index in [1.54, 1.807) is 28.8 Å². The van der Waals surface area contributed by atoms with Gasteiger partial charge in [-0.1, -0.05) is 52.5 Å². The molecule has 7 heteroatoms. The molecular formula is C13H7Cl4N3. The summed E-state index contributed by atoms with van der Waals surface area (Å²) in [7, 11) is 0. The number of anilines is 1. The number of fused-ring (bicyclic) bond motifs is 1. The van der Waals surface area contributed by atoms with Gasteiger partial charge in [0.2, 0.25) is 5.95 Å². The lowest BCUT2D eigenvalue weighted by atomic mass is 10.2. The summed E-state index contributed by atoms with van der Waals surface area (Å²) in [5.74, 6) is 0.272. The molecule has 0 aliphatic heterocycles. The summed E-state index contributed by atoms with van der Waals surface area (Å²) in [4.78, 5) is 4.27. The molecule has 0 saturated carbocycles. The fraction of sp³-hybridized carbons (Fsp3) is 0. The summed E-state index contributed by atoms with van der Waals surface area (Å²) in [5.41, 5.74) is 7.90. The van der Waals surface area contributed by atoms with Crippen LogP contribution in [0.4, 0.5) is 5.95 Å². The van der Waals surface area contributed by atoms with Gasteiger partial charge in [0.1, 0.15) is 0 Å². The number of nitrogen functional groups attached to an aromatic ring is 1. The Balaban J connectivity index is 2.41. The molecule has 0 spiro atoms. The summed E-state index contributed by atoms with van der Waals surface area (Å²) in [5, 5.41) is 1.67. The first-order valence-electron chi connectivity index (χ1n) is 5.56. The van der Waals surface area contributed by atoms with E-state index in [-0.39, 0.29) is 5.95 Å². The standard InChI is InChI=1S/C13H7Cl4N3/c14-6-2-1-3-10-12(6)20(13(18)19-10)11-5-8(16)7(15)4-9(11)17/h1-5H,(H2,18,19). The van der Waals surface area contributed by atoms with Crippen molar-refractivity contribution in [2.45, 2.75) is 0 Å². The number of aromatic nitrogens is 2. The number of benzene rings is 2. The van der Waals surface area contributed by atoms with Crippen molar-refractivity contribution in [1.82, 2.24) is 9.55 Å². The highest BCUT2D eigenvalue weighted by molar-refractivity contribution is 6.43. The Hall–Kier alpha value is -1.13. The van der Waals surface area contributed by atoms with Crippen LogP contribution >= 0.6 is 46.4 Å². The van der Waals surface area contributed by atoms with Crippen LogP contribution in [0.15, 0.2) is 30.3 Å². The molecule has 3 aromatic rings. The molecule has 0 atom stereocenters. The van der Waals surface area contributed by atoms with E-state index in [9.17, 15) is 0 Å². The maximum Gasteiger partial charge on any atom is 0.206 e. The average molecular weight is 347 g/mol. The number of halogens is 4. The van der Waals surface area contributed by atoms with Gasteiger partial charge in [0.05, 0.1) is 36.8 Å². The van der Waals surface area contributed by atoms with Gasteiger partial charge in [-0.15, -0.1) is 0 Å². The quantitative estimate of drug-likeness (QED) is 0.614. The minimum absolute atomic E-state index is 0.272. The number of rotatable bonds is 1. The maximum atomic E-state index is 6.23. The van der Waals surface area contributed by atoms with E-state index in [1.165, 1.54) is 0 Å². The molecule has 2 aromatic carbocycles. The molecule has 1 aromatic heterocycles. The molecule has 0 unspecified atom stereocenters. The van der Waals surface area contributed by atoms with Crippen LogP contribution in [0.2, 0.25) is 20.1 Å². The summed E-state index contributed by atoms with van der Waals surface area (Å²) in [6.07, 6.45) is 0. The number of imidazole rings is 1. The highest BCUT2D eigenvalue weighted by Crippen LogP contribution is 2.36. The number of nitrogens with zero attached hydrogens (tertiary/aromatic N) is 2. The minimum atomic E-state index is 0.272. The SMILES string of the molecule is Nc1nc2cccc(Cl)c2n1-c1cc(Cl)c(Cl)cc1Cl. The fourth-order valence-electron chi connectivity index (χ4n) is 2.03. The zero-order valence-electron chi connectivity index (χ0n) is 9.87. The largest absolute Gasteiger partial charge is 0.369 e. The fourth-order valence-corrected chi connectivity index (χ4v) is 2.91. The third kappa shape index (κ3) is 2.11. The van der Waals surface area contributed by atoms with E-state index in [2.05, 4.69) is 4.98 Å². The molecule has 0 saturated heterocycles. The predicted molar refractivity (Wildman–Crippen MR) is 85.5 cm³/mol. The second-order valence-electron chi connectivity index (χ2n) is 4.13. The van der Waals surface area contributed by atoms with Gasteiger partial charge >= 0.3 is 0 Å². The first-order chi connectivity index (χ1) is 9.49. The molecule has 20 heavy (non-hydrogen) atoms. The van der Waals surface area contributed by atoms with Crippen molar-refractivity contribution in [2.24, 2.45) is 0 Å². The predicted octanol–water partition coefficient (Wildman–Crippen LogP) is 5.22. The molecular weight excluding hydrogens is 340 g/mol. The van der Waals surface area contributed by atoms with E-state index in [0.717, 1.165) is 0 Å².